The normalized spacial score (nSPS) is 18.1. The van der Waals surface area contributed by atoms with Crippen molar-refractivity contribution in [1.29, 1.82) is 0 Å². The number of carbonyl (C=O) groups excluding carboxylic acids is 1. The van der Waals surface area contributed by atoms with Crippen molar-refractivity contribution in [3.05, 3.63) is 23.8 Å². The number of aromatic nitrogens is 3. The zero-order valence-corrected chi connectivity index (χ0v) is 15.1. The molecule has 1 aliphatic carbocycles. The lowest BCUT2D eigenvalue weighted by Gasteiger charge is -2.39. The predicted octanol–water partition coefficient (Wildman–Crippen LogP) is 2.44. The maximum atomic E-state index is 12.8. The van der Waals surface area contributed by atoms with Crippen LogP contribution in [0, 0.1) is 12.8 Å². The summed E-state index contributed by atoms with van der Waals surface area (Å²) in [5.74, 6) is 0.804. The summed E-state index contributed by atoms with van der Waals surface area (Å²) < 4.78 is 7.29. The molecule has 7 heteroatoms. The molecule has 0 aromatic carbocycles. The van der Waals surface area contributed by atoms with Gasteiger partial charge in [0.2, 0.25) is 5.89 Å². The molecule has 1 atom stereocenters. The van der Waals surface area contributed by atoms with E-state index in [1.165, 1.54) is 6.42 Å². The van der Waals surface area contributed by atoms with Crippen molar-refractivity contribution in [3.63, 3.8) is 0 Å². The second-order valence-electron chi connectivity index (χ2n) is 7.19. The van der Waals surface area contributed by atoms with Crippen LogP contribution < -0.4 is 5.32 Å². The number of nitrogens with one attached hydrogen (secondary N) is 1. The first-order valence-electron chi connectivity index (χ1n) is 8.83. The molecule has 0 saturated heterocycles. The monoisotopic (exact) mass is 346 g/mol. The summed E-state index contributed by atoms with van der Waals surface area (Å²) in [6.45, 7) is 3.55. The van der Waals surface area contributed by atoms with Gasteiger partial charge in [0, 0.05) is 13.2 Å². The number of rotatable bonds is 5. The van der Waals surface area contributed by atoms with Gasteiger partial charge in [-0.1, -0.05) is 19.3 Å². The minimum Gasteiger partial charge on any atom is -0.440 e. The molecule has 2 N–H and O–H groups in total. The van der Waals surface area contributed by atoms with Crippen LogP contribution in [0.1, 0.15) is 55.3 Å². The van der Waals surface area contributed by atoms with E-state index in [1.807, 2.05) is 14.0 Å². The topological polar surface area (TPSA) is 93.2 Å². The third kappa shape index (κ3) is 3.61. The number of aliphatic hydroxyl groups is 1. The van der Waals surface area contributed by atoms with Crippen LogP contribution in [0.4, 0.5) is 0 Å². The van der Waals surface area contributed by atoms with E-state index in [2.05, 4.69) is 15.4 Å². The van der Waals surface area contributed by atoms with Gasteiger partial charge < -0.3 is 14.8 Å². The summed E-state index contributed by atoms with van der Waals surface area (Å²) >= 11 is 0. The van der Waals surface area contributed by atoms with Gasteiger partial charge >= 0.3 is 0 Å². The number of aliphatic hydroxyl groups excluding tert-OH is 1. The molecule has 1 aliphatic rings. The predicted molar refractivity (Wildman–Crippen MR) is 93.0 cm³/mol. The van der Waals surface area contributed by atoms with E-state index >= 15 is 0 Å². The summed E-state index contributed by atoms with van der Waals surface area (Å²) in [4.78, 5) is 17.1. The highest BCUT2D eigenvalue weighted by molar-refractivity contribution is 5.94. The van der Waals surface area contributed by atoms with E-state index in [1.54, 1.807) is 24.0 Å². The molecular weight excluding hydrogens is 320 g/mol. The molecule has 25 heavy (non-hydrogen) atoms. The Hall–Kier alpha value is -2.15. The van der Waals surface area contributed by atoms with E-state index < -0.39 is 5.54 Å². The van der Waals surface area contributed by atoms with Gasteiger partial charge in [0.05, 0.1) is 23.9 Å². The summed E-state index contributed by atoms with van der Waals surface area (Å²) in [6, 6.07) is 0. The zero-order valence-electron chi connectivity index (χ0n) is 15.1. The Balaban J connectivity index is 1.79. The molecule has 2 aromatic heterocycles. The quantitative estimate of drug-likeness (QED) is 0.867. The number of oxazole rings is 1. The number of amides is 1. The molecule has 1 fully saturated rings. The van der Waals surface area contributed by atoms with Gasteiger partial charge in [0.1, 0.15) is 5.76 Å². The Morgan fingerprint density at radius 1 is 1.44 bits per heavy atom. The Kier molecular flexibility index (Phi) is 4.94. The SMILES string of the molecule is Cc1oc(-c2cnn(C)c2)nc1C(=O)N[C@@](C)(CO)C1CCCCC1. The molecule has 0 aliphatic heterocycles. The van der Waals surface area contributed by atoms with Crippen molar-refractivity contribution in [2.24, 2.45) is 13.0 Å². The lowest BCUT2D eigenvalue weighted by Crippen LogP contribution is -2.54. The molecule has 0 spiro atoms. The van der Waals surface area contributed by atoms with E-state index in [0.717, 1.165) is 31.2 Å². The summed E-state index contributed by atoms with van der Waals surface area (Å²) in [5.41, 5.74) is 0.341. The van der Waals surface area contributed by atoms with E-state index in [-0.39, 0.29) is 24.1 Å². The molecule has 1 amide bonds. The highest BCUT2D eigenvalue weighted by Gasteiger charge is 2.37. The summed E-state index contributed by atoms with van der Waals surface area (Å²) in [5, 5.41) is 17.0. The van der Waals surface area contributed by atoms with Crippen LogP contribution in [-0.2, 0) is 7.05 Å². The van der Waals surface area contributed by atoms with Crippen molar-refractivity contribution in [3.8, 4) is 11.5 Å². The third-order valence-electron chi connectivity index (χ3n) is 5.20. The molecule has 7 nitrogen and oxygen atoms in total. The Morgan fingerprint density at radius 3 is 2.76 bits per heavy atom. The third-order valence-corrected chi connectivity index (χ3v) is 5.20. The van der Waals surface area contributed by atoms with Gasteiger partial charge in [-0.2, -0.15) is 5.10 Å². The molecular formula is C18H26N4O3. The first kappa shape index (κ1) is 17.7. The van der Waals surface area contributed by atoms with Gasteiger partial charge in [0.15, 0.2) is 5.69 Å². The van der Waals surface area contributed by atoms with Crippen molar-refractivity contribution in [1.82, 2.24) is 20.1 Å². The molecule has 1 saturated carbocycles. The highest BCUT2D eigenvalue weighted by atomic mass is 16.4. The van der Waals surface area contributed by atoms with Crippen LogP contribution in [0.15, 0.2) is 16.8 Å². The Bertz CT molecular complexity index is 745. The largest absolute Gasteiger partial charge is 0.440 e. The highest BCUT2D eigenvalue weighted by Crippen LogP contribution is 2.33. The maximum absolute atomic E-state index is 12.8. The average Bonchev–Trinajstić information content (AvgIpc) is 3.21. The Labute approximate surface area is 147 Å². The Morgan fingerprint density at radius 2 is 2.16 bits per heavy atom. The standard InChI is InChI=1S/C18H26N4O3/c1-12-15(20-17(25-12)13-9-19-22(3)10-13)16(24)21-18(2,11-23)14-7-5-4-6-8-14/h9-10,14,23H,4-8,11H2,1-3H3,(H,21,24)/t18-/m0/s1. The van der Waals surface area contributed by atoms with Gasteiger partial charge in [-0.05, 0) is 32.6 Å². The zero-order chi connectivity index (χ0) is 18.0. The minimum atomic E-state index is -0.642. The van der Waals surface area contributed by atoms with Crippen LogP contribution in [0.3, 0.4) is 0 Å². The first-order chi connectivity index (χ1) is 11.9. The van der Waals surface area contributed by atoms with Gasteiger partial charge in [0.25, 0.3) is 5.91 Å². The fourth-order valence-corrected chi connectivity index (χ4v) is 3.59. The molecule has 0 radical (unpaired) electrons. The van der Waals surface area contributed by atoms with Gasteiger partial charge in [-0.3, -0.25) is 9.48 Å². The van der Waals surface area contributed by atoms with E-state index in [0.29, 0.717) is 11.7 Å². The maximum Gasteiger partial charge on any atom is 0.274 e. The second-order valence-corrected chi connectivity index (χ2v) is 7.19. The minimum absolute atomic E-state index is 0.0875. The van der Waals surface area contributed by atoms with Crippen molar-refractivity contribution in [2.75, 3.05) is 6.61 Å². The van der Waals surface area contributed by atoms with Crippen LogP contribution in [0.5, 0.6) is 0 Å². The molecule has 0 unspecified atom stereocenters. The van der Waals surface area contributed by atoms with Crippen molar-refractivity contribution < 1.29 is 14.3 Å². The fourth-order valence-electron chi connectivity index (χ4n) is 3.59. The number of hydrogen-bond donors (Lipinski definition) is 2. The smallest absolute Gasteiger partial charge is 0.274 e. The van der Waals surface area contributed by atoms with Crippen molar-refractivity contribution in [2.45, 2.75) is 51.5 Å². The molecule has 3 rings (SSSR count). The van der Waals surface area contributed by atoms with Crippen LogP contribution >= 0.6 is 0 Å². The molecule has 0 bridgehead atoms. The number of nitrogens with zero attached hydrogens (tertiary/aromatic N) is 3. The lowest BCUT2D eigenvalue weighted by molar-refractivity contribution is 0.0675. The van der Waals surface area contributed by atoms with Crippen LogP contribution in [0.2, 0.25) is 0 Å². The average molecular weight is 346 g/mol. The molecule has 136 valence electrons. The summed E-state index contributed by atoms with van der Waals surface area (Å²) in [6.07, 6.45) is 8.99. The number of hydrogen-bond acceptors (Lipinski definition) is 5. The summed E-state index contributed by atoms with van der Waals surface area (Å²) in [7, 11) is 1.81. The molecule has 2 heterocycles. The van der Waals surface area contributed by atoms with Crippen LogP contribution in [-0.4, -0.2) is 37.9 Å². The van der Waals surface area contributed by atoms with Gasteiger partial charge in [-0.15, -0.1) is 0 Å². The number of carbonyl (C=O) groups is 1. The van der Waals surface area contributed by atoms with Crippen LogP contribution in [0.25, 0.3) is 11.5 Å². The number of aryl methyl sites for hydroxylation is 2. The van der Waals surface area contributed by atoms with Gasteiger partial charge in [-0.25, -0.2) is 4.98 Å². The lowest BCUT2D eigenvalue weighted by atomic mass is 9.76. The fraction of sp³-hybridized carbons (Fsp3) is 0.611. The molecule has 2 aromatic rings. The van der Waals surface area contributed by atoms with E-state index in [4.69, 9.17) is 4.42 Å². The second kappa shape index (κ2) is 7.00. The van der Waals surface area contributed by atoms with Crippen molar-refractivity contribution >= 4 is 5.91 Å². The van der Waals surface area contributed by atoms with E-state index in [9.17, 15) is 9.90 Å². The first-order valence-corrected chi connectivity index (χ1v) is 8.83.